The number of rotatable bonds is 2. The average Bonchev–Trinajstić information content (AvgIpc) is 2.87. The fourth-order valence-electron chi connectivity index (χ4n) is 1.96. The third kappa shape index (κ3) is 2.51. The topological polar surface area (TPSA) is 70.7 Å². The van der Waals surface area contributed by atoms with E-state index in [9.17, 15) is 23.1 Å². The molecule has 10 heteroatoms. The average molecular weight is 325 g/mol. The van der Waals surface area contributed by atoms with E-state index in [0.29, 0.717) is 16.4 Å². The molecular formula is C11H12ClF3N4O2. The van der Waals surface area contributed by atoms with Gasteiger partial charge in [-0.05, 0) is 13.8 Å². The Morgan fingerprint density at radius 3 is 2.62 bits per heavy atom. The van der Waals surface area contributed by atoms with Crippen LogP contribution in [0.2, 0.25) is 5.02 Å². The normalized spacial score (nSPS) is 22.1. The molecule has 2 heterocycles. The van der Waals surface area contributed by atoms with E-state index in [1.807, 2.05) is 0 Å². The molecule has 1 amide bonds. The van der Waals surface area contributed by atoms with Crippen molar-refractivity contribution in [1.82, 2.24) is 14.8 Å². The molecule has 6 nitrogen and oxygen atoms in total. The fourth-order valence-corrected chi connectivity index (χ4v) is 2.10. The van der Waals surface area contributed by atoms with Crippen LogP contribution in [0.25, 0.3) is 0 Å². The van der Waals surface area contributed by atoms with Crippen molar-refractivity contribution in [2.45, 2.75) is 38.7 Å². The number of hydrazone groups is 1. The molecule has 21 heavy (non-hydrogen) atoms. The number of aliphatic hydroxyl groups is 1. The number of hydrogen-bond acceptors (Lipinski definition) is 4. The third-order valence-corrected chi connectivity index (χ3v) is 3.74. The van der Waals surface area contributed by atoms with Gasteiger partial charge in [0, 0.05) is 12.6 Å². The quantitative estimate of drug-likeness (QED) is 0.898. The second-order valence-electron chi connectivity index (χ2n) is 4.66. The van der Waals surface area contributed by atoms with Crippen LogP contribution in [-0.2, 0) is 11.3 Å². The van der Waals surface area contributed by atoms with E-state index in [0.717, 1.165) is 6.21 Å². The Labute approximate surface area is 122 Å². The van der Waals surface area contributed by atoms with Crippen LogP contribution >= 0.6 is 11.6 Å². The summed E-state index contributed by atoms with van der Waals surface area (Å²) in [5.41, 5.74) is -2.41. The Morgan fingerprint density at radius 2 is 2.14 bits per heavy atom. The summed E-state index contributed by atoms with van der Waals surface area (Å²) < 4.78 is 39.8. The number of hydrogen-bond donors (Lipinski definition) is 1. The van der Waals surface area contributed by atoms with Gasteiger partial charge < -0.3 is 5.11 Å². The highest BCUT2D eigenvalue weighted by Gasteiger charge is 2.61. The van der Waals surface area contributed by atoms with Crippen LogP contribution in [0, 0.1) is 13.8 Å². The van der Waals surface area contributed by atoms with Crippen molar-refractivity contribution in [1.29, 1.82) is 0 Å². The SMILES string of the molecule is Cc1nn(CC(=O)N2N=CC[C@@]2(O)C(F)(F)F)c(C)c1Cl. The summed E-state index contributed by atoms with van der Waals surface area (Å²) in [7, 11) is 0. The van der Waals surface area contributed by atoms with E-state index >= 15 is 0 Å². The lowest BCUT2D eigenvalue weighted by Gasteiger charge is -2.32. The van der Waals surface area contributed by atoms with Gasteiger partial charge in [-0.2, -0.15) is 28.4 Å². The third-order valence-electron chi connectivity index (χ3n) is 3.19. The molecule has 0 fully saturated rings. The smallest absolute Gasteiger partial charge is 0.362 e. The summed E-state index contributed by atoms with van der Waals surface area (Å²) in [5, 5.41) is 17.3. The van der Waals surface area contributed by atoms with Gasteiger partial charge in [0.15, 0.2) is 0 Å². The number of aromatic nitrogens is 2. The Balaban J connectivity index is 2.24. The molecular weight excluding hydrogens is 313 g/mol. The molecule has 0 aromatic carbocycles. The summed E-state index contributed by atoms with van der Waals surface area (Å²) in [6.07, 6.45) is -4.97. The van der Waals surface area contributed by atoms with Crippen molar-refractivity contribution in [2.24, 2.45) is 5.10 Å². The summed E-state index contributed by atoms with van der Waals surface area (Å²) in [6, 6.07) is 0. The van der Waals surface area contributed by atoms with Crippen molar-refractivity contribution < 1.29 is 23.1 Å². The van der Waals surface area contributed by atoms with Gasteiger partial charge in [0.05, 0.1) is 16.4 Å². The predicted molar refractivity (Wildman–Crippen MR) is 67.7 cm³/mol. The lowest BCUT2D eigenvalue weighted by atomic mass is 10.1. The maximum absolute atomic E-state index is 12.9. The number of alkyl halides is 3. The second-order valence-corrected chi connectivity index (χ2v) is 5.04. The molecule has 1 N–H and O–H groups in total. The van der Waals surface area contributed by atoms with Gasteiger partial charge in [-0.15, -0.1) is 0 Å². The molecule has 0 saturated carbocycles. The summed E-state index contributed by atoms with van der Waals surface area (Å²) in [5.74, 6) is -1.04. The Hall–Kier alpha value is -1.61. The number of halogens is 4. The van der Waals surface area contributed by atoms with E-state index in [1.54, 1.807) is 13.8 Å². The minimum Gasteiger partial charge on any atom is -0.362 e. The predicted octanol–water partition coefficient (Wildman–Crippen LogP) is 1.62. The summed E-state index contributed by atoms with van der Waals surface area (Å²) >= 11 is 5.90. The molecule has 0 spiro atoms. The van der Waals surface area contributed by atoms with Gasteiger partial charge in [0.1, 0.15) is 6.54 Å². The molecule has 0 saturated heterocycles. The van der Waals surface area contributed by atoms with Crippen LogP contribution in [0.1, 0.15) is 17.8 Å². The Kier molecular flexibility index (Phi) is 3.75. The molecule has 1 aromatic heterocycles. The van der Waals surface area contributed by atoms with Gasteiger partial charge in [-0.25, -0.2) is 0 Å². The molecule has 1 aromatic rings. The van der Waals surface area contributed by atoms with Crippen molar-refractivity contribution in [3.05, 3.63) is 16.4 Å². The van der Waals surface area contributed by atoms with Crippen LogP contribution < -0.4 is 0 Å². The largest absolute Gasteiger partial charge is 0.438 e. The molecule has 116 valence electrons. The van der Waals surface area contributed by atoms with E-state index in [4.69, 9.17) is 11.6 Å². The first kappa shape index (κ1) is 15.8. The van der Waals surface area contributed by atoms with E-state index < -0.39 is 30.8 Å². The van der Waals surface area contributed by atoms with Gasteiger partial charge in [0.2, 0.25) is 0 Å². The Bertz CT molecular complexity index is 613. The van der Waals surface area contributed by atoms with Crippen molar-refractivity contribution in [3.63, 3.8) is 0 Å². The molecule has 0 bridgehead atoms. The zero-order valence-electron chi connectivity index (χ0n) is 11.1. The monoisotopic (exact) mass is 324 g/mol. The zero-order chi connectivity index (χ0) is 16.0. The highest BCUT2D eigenvalue weighted by Crippen LogP contribution is 2.38. The fraction of sp³-hybridized carbons (Fsp3) is 0.545. The maximum atomic E-state index is 12.9. The van der Waals surface area contributed by atoms with E-state index in [-0.39, 0.29) is 5.01 Å². The first-order chi connectivity index (χ1) is 9.58. The first-order valence-electron chi connectivity index (χ1n) is 5.92. The number of carbonyl (C=O) groups excluding carboxylic acids is 1. The molecule has 0 aliphatic carbocycles. The molecule has 1 atom stereocenters. The lowest BCUT2D eigenvalue weighted by Crippen LogP contribution is -2.57. The number of aryl methyl sites for hydroxylation is 1. The van der Waals surface area contributed by atoms with Crippen LogP contribution in [-0.4, -0.2) is 43.9 Å². The number of carbonyl (C=O) groups is 1. The van der Waals surface area contributed by atoms with Crippen LogP contribution in [0.5, 0.6) is 0 Å². The molecule has 0 radical (unpaired) electrons. The molecule has 2 rings (SSSR count). The minimum atomic E-state index is -5.01. The highest BCUT2D eigenvalue weighted by atomic mass is 35.5. The van der Waals surface area contributed by atoms with Crippen LogP contribution in [0.4, 0.5) is 13.2 Å². The maximum Gasteiger partial charge on any atom is 0.438 e. The van der Waals surface area contributed by atoms with E-state index in [2.05, 4.69) is 10.2 Å². The standard InChI is InChI=1S/C11H12ClF3N4O2/c1-6-9(12)7(2)18(17-6)5-8(20)19-10(21,3-4-16-19)11(13,14)15/h4,21H,3,5H2,1-2H3/t10-/m1/s1. The number of nitrogens with zero attached hydrogens (tertiary/aromatic N) is 4. The Morgan fingerprint density at radius 1 is 1.52 bits per heavy atom. The lowest BCUT2D eigenvalue weighted by molar-refractivity contribution is -0.302. The summed E-state index contributed by atoms with van der Waals surface area (Å²) in [6.45, 7) is 2.68. The molecule has 1 aliphatic heterocycles. The minimum absolute atomic E-state index is 0.0390. The van der Waals surface area contributed by atoms with Crippen molar-refractivity contribution in [2.75, 3.05) is 0 Å². The van der Waals surface area contributed by atoms with Gasteiger partial charge in [-0.3, -0.25) is 9.48 Å². The van der Waals surface area contributed by atoms with Crippen LogP contribution in [0.3, 0.4) is 0 Å². The summed E-state index contributed by atoms with van der Waals surface area (Å²) in [4.78, 5) is 12.0. The van der Waals surface area contributed by atoms with Crippen LogP contribution in [0.15, 0.2) is 5.10 Å². The molecule has 0 unspecified atom stereocenters. The first-order valence-corrected chi connectivity index (χ1v) is 6.30. The van der Waals surface area contributed by atoms with Crippen molar-refractivity contribution in [3.8, 4) is 0 Å². The van der Waals surface area contributed by atoms with Gasteiger partial charge in [0.25, 0.3) is 11.6 Å². The second kappa shape index (κ2) is 4.99. The van der Waals surface area contributed by atoms with E-state index in [1.165, 1.54) is 4.68 Å². The van der Waals surface area contributed by atoms with Gasteiger partial charge >= 0.3 is 6.18 Å². The van der Waals surface area contributed by atoms with Gasteiger partial charge in [-0.1, -0.05) is 11.6 Å². The zero-order valence-corrected chi connectivity index (χ0v) is 11.9. The highest BCUT2D eigenvalue weighted by molar-refractivity contribution is 6.31. The molecule has 1 aliphatic rings. The number of amides is 1. The van der Waals surface area contributed by atoms with Crippen molar-refractivity contribution >= 4 is 23.7 Å².